The van der Waals surface area contributed by atoms with Gasteiger partial charge in [-0.2, -0.15) is 11.8 Å². The molecule has 1 aromatic carbocycles. The summed E-state index contributed by atoms with van der Waals surface area (Å²) in [6.07, 6.45) is 5.89. The normalized spacial score (nSPS) is 15.1. The second kappa shape index (κ2) is 8.34. The lowest BCUT2D eigenvalue weighted by Gasteiger charge is -2.08. The molecule has 0 aliphatic heterocycles. The minimum Gasteiger partial charge on any atom is -0.395 e. The number of hydrogen-bond donors (Lipinski definition) is 1. The number of aliphatic hydroxyl groups excluding tert-OH is 1. The molecule has 0 atom stereocenters. The Hall–Kier alpha value is -0.980. The Morgan fingerprint density at radius 1 is 1.30 bits per heavy atom. The van der Waals surface area contributed by atoms with Crippen molar-refractivity contribution < 1.29 is 9.50 Å². The first kappa shape index (κ1) is 15.4. The lowest BCUT2D eigenvalue weighted by Crippen LogP contribution is -1.97. The molecule has 108 valence electrons. The summed E-state index contributed by atoms with van der Waals surface area (Å²) in [6, 6.07) is 5.17. The van der Waals surface area contributed by atoms with Crippen LogP contribution in [-0.2, 0) is 5.75 Å². The molecule has 20 heavy (non-hydrogen) atoms. The molecule has 0 bridgehead atoms. The zero-order valence-electron chi connectivity index (χ0n) is 11.7. The van der Waals surface area contributed by atoms with Crippen molar-refractivity contribution in [2.75, 3.05) is 12.4 Å². The van der Waals surface area contributed by atoms with Crippen LogP contribution in [0.5, 0.6) is 0 Å². The van der Waals surface area contributed by atoms with Gasteiger partial charge in [0.25, 0.3) is 0 Å². The molecular formula is C17H21FOS. The van der Waals surface area contributed by atoms with Crippen molar-refractivity contribution in [1.29, 1.82) is 0 Å². The summed E-state index contributed by atoms with van der Waals surface area (Å²) in [7, 11) is 0. The highest BCUT2D eigenvalue weighted by molar-refractivity contribution is 7.98. The average molecular weight is 292 g/mol. The third-order valence-corrected chi connectivity index (χ3v) is 4.83. The SMILES string of the molecule is OCCC#Cc1cc(CSCC2CCCC2)ccc1F. The molecule has 2 rings (SSSR count). The third kappa shape index (κ3) is 4.85. The Morgan fingerprint density at radius 2 is 2.10 bits per heavy atom. The molecule has 0 heterocycles. The molecule has 0 amide bonds. The van der Waals surface area contributed by atoms with Gasteiger partial charge in [0.1, 0.15) is 5.82 Å². The quantitative estimate of drug-likeness (QED) is 0.828. The van der Waals surface area contributed by atoms with Gasteiger partial charge in [0.05, 0.1) is 12.2 Å². The molecule has 1 aliphatic rings. The van der Waals surface area contributed by atoms with E-state index in [-0.39, 0.29) is 12.4 Å². The van der Waals surface area contributed by atoms with E-state index in [0.717, 1.165) is 17.2 Å². The van der Waals surface area contributed by atoms with Crippen molar-refractivity contribution in [2.24, 2.45) is 5.92 Å². The summed E-state index contributed by atoms with van der Waals surface area (Å²) in [6.45, 7) is 0.0194. The van der Waals surface area contributed by atoms with E-state index in [4.69, 9.17) is 5.11 Å². The molecule has 1 aliphatic carbocycles. The van der Waals surface area contributed by atoms with Gasteiger partial charge in [-0.05, 0) is 42.2 Å². The fourth-order valence-electron chi connectivity index (χ4n) is 2.49. The van der Waals surface area contributed by atoms with Crippen molar-refractivity contribution >= 4 is 11.8 Å². The zero-order chi connectivity index (χ0) is 14.2. The van der Waals surface area contributed by atoms with Crippen LogP contribution in [-0.4, -0.2) is 17.5 Å². The Bertz CT molecular complexity index is 483. The molecule has 1 aromatic rings. The molecule has 3 heteroatoms. The van der Waals surface area contributed by atoms with Gasteiger partial charge in [0.2, 0.25) is 0 Å². The van der Waals surface area contributed by atoms with Crippen LogP contribution in [0.2, 0.25) is 0 Å². The first-order valence-electron chi connectivity index (χ1n) is 7.25. The molecule has 1 saturated carbocycles. The van der Waals surface area contributed by atoms with E-state index in [1.54, 1.807) is 0 Å². The van der Waals surface area contributed by atoms with Crippen LogP contribution in [0.4, 0.5) is 4.39 Å². The van der Waals surface area contributed by atoms with Crippen molar-refractivity contribution in [3.05, 3.63) is 35.1 Å². The number of rotatable bonds is 5. The minimum atomic E-state index is -0.278. The van der Waals surface area contributed by atoms with Gasteiger partial charge in [-0.15, -0.1) is 0 Å². The topological polar surface area (TPSA) is 20.2 Å². The number of thioether (sulfide) groups is 1. The number of benzene rings is 1. The maximum Gasteiger partial charge on any atom is 0.138 e. The molecular weight excluding hydrogens is 271 g/mol. The van der Waals surface area contributed by atoms with E-state index in [0.29, 0.717) is 12.0 Å². The van der Waals surface area contributed by atoms with Gasteiger partial charge < -0.3 is 5.11 Å². The van der Waals surface area contributed by atoms with E-state index in [2.05, 4.69) is 11.8 Å². The second-order valence-electron chi connectivity index (χ2n) is 5.26. The Kier molecular flexibility index (Phi) is 6.42. The predicted molar refractivity (Wildman–Crippen MR) is 83.1 cm³/mol. The van der Waals surface area contributed by atoms with Crippen LogP contribution in [0, 0.1) is 23.6 Å². The Balaban J connectivity index is 1.88. The van der Waals surface area contributed by atoms with Crippen LogP contribution < -0.4 is 0 Å². The molecule has 0 aromatic heterocycles. The Labute approximate surface area is 125 Å². The van der Waals surface area contributed by atoms with Crippen molar-refractivity contribution in [3.8, 4) is 11.8 Å². The summed E-state index contributed by atoms with van der Waals surface area (Å²) in [4.78, 5) is 0. The van der Waals surface area contributed by atoms with Crippen molar-refractivity contribution in [2.45, 2.75) is 37.9 Å². The third-order valence-electron chi connectivity index (χ3n) is 3.59. The van der Waals surface area contributed by atoms with Gasteiger partial charge in [0.15, 0.2) is 0 Å². The standard InChI is InChI=1S/C17H21FOS/c18-17-9-8-15(11-16(17)7-3-4-10-19)13-20-12-14-5-1-2-6-14/h8-9,11,14,19H,1-2,4-6,10,12-13H2. The van der Waals surface area contributed by atoms with Crippen LogP contribution in [0.3, 0.4) is 0 Å². The summed E-state index contributed by atoms with van der Waals surface area (Å²) in [5.74, 6) is 8.30. The molecule has 0 radical (unpaired) electrons. The maximum absolute atomic E-state index is 13.6. The monoisotopic (exact) mass is 292 g/mol. The van der Waals surface area contributed by atoms with Gasteiger partial charge in [-0.25, -0.2) is 4.39 Å². The lowest BCUT2D eigenvalue weighted by atomic mass is 10.1. The van der Waals surface area contributed by atoms with E-state index >= 15 is 0 Å². The summed E-state index contributed by atoms with van der Waals surface area (Å²) < 4.78 is 13.6. The fraction of sp³-hybridized carbons (Fsp3) is 0.529. The van der Waals surface area contributed by atoms with Crippen LogP contribution in [0.15, 0.2) is 18.2 Å². The molecule has 1 N–H and O–H groups in total. The predicted octanol–water partition coefficient (Wildman–Crippen LogP) is 3.98. The van der Waals surface area contributed by atoms with Crippen LogP contribution >= 0.6 is 11.8 Å². The van der Waals surface area contributed by atoms with Gasteiger partial charge in [0, 0.05) is 12.2 Å². The number of halogens is 1. The van der Waals surface area contributed by atoms with Gasteiger partial charge >= 0.3 is 0 Å². The maximum atomic E-state index is 13.6. The molecule has 0 spiro atoms. The van der Waals surface area contributed by atoms with Crippen LogP contribution in [0.25, 0.3) is 0 Å². The van der Waals surface area contributed by atoms with E-state index in [1.165, 1.54) is 37.5 Å². The van der Waals surface area contributed by atoms with Crippen molar-refractivity contribution in [3.63, 3.8) is 0 Å². The molecule has 0 saturated heterocycles. The van der Waals surface area contributed by atoms with Crippen LogP contribution in [0.1, 0.15) is 43.2 Å². The second-order valence-corrected chi connectivity index (χ2v) is 6.29. The zero-order valence-corrected chi connectivity index (χ0v) is 12.5. The largest absolute Gasteiger partial charge is 0.395 e. The number of hydrogen-bond acceptors (Lipinski definition) is 2. The molecule has 1 fully saturated rings. The van der Waals surface area contributed by atoms with E-state index in [9.17, 15) is 4.39 Å². The average Bonchev–Trinajstić information content (AvgIpc) is 2.95. The lowest BCUT2D eigenvalue weighted by molar-refractivity contribution is 0.305. The smallest absolute Gasteiger partial charge is 0.138 e. The van der Waals surface area contributed by atoms with Crippen molar-refractivity contribution in [1.82, 2.24) is 0 Å². The minimum absolute atomic E-state index is 0.0194. The highest BCUT2D eigenvalue weighted by Crippen LogP contribution is 2.29. The van der Waals surface area contributed by atoms with Gasteiger partial charge in [-0.3, -0.25) is 0 Å². The molecule has 0 unspecified atom stereocenters. The number of aliphatic hydroxyl groups is 1. The van der Waals surface area contributed by atoms with E-state index < -0.39 is 0 Å². The van der Waals surface area contributed by atoms with Gasteiger partial charge in [-0.1, -0.05) is 30.7 Å². The first-order valence-corrected chi connectivity index (χ1v) is 8.41. The van der Waals surface area contributed by atoms with E-state index in [1.807, 2.05) is 23.9 Å². The fourth-order valence-corrected chi connectivity index (χ4v) is 3.69. The summed E-state index contributed by atoms with van der Waals surface area (Å²) in [5.41, 5.74) is 1.57. The summed E-state index contributed by atoms with van der Waals surface area (Å²) >= 11 is 1.94. The Morgan fingerprint density at radius 3 is 2.85 bits per heavy atom. The summed E-state index contributed by atoms with van der Waals surface area (Å²) in [5, 5.41) is 8.69. The molecule has 1 nitrogen and oxygen atoms in total. The highest BCUT2D eigenvalue weighted by atomic mass is 32.2. The highest BCUT2D eigenvalue weighted by Gasteiger charge is 2.14. The first-order chi connectivity index (χ1) is 9.79.